The maximum atomic E-state index is 13.5. The number of furan rings is 1. The highest BCUT2D eigenvalue weighted by Gasteiger charge is 2.15. The summed E-state index contributed by atoms with van der Waals surface area (Å²) in [5.41, 5.74) is 6.32. The van der Waals surface area contributed by atoms with Gasteiger partial charge in [-0.2, -0.15) is 0 Å². The van der Waals surface area contributed by atoms with Gasteiger partial charge in [-0.15, -0.1) is 0 Å². The molecule has 0 aliphatic carbocycles. The van der Waals surface area contributed by atoms with Crippen molar-refractivity contribution in [1.82, 2.24) is 15.8 Å². The van der Waals surface area contributed by atoms with E-state index in [9.17, 15) is 14.0 Å². The molecule has 4 aromatic rings. The number of aromatic nitrogens is 1. The number of hydrogen-bond donors (Lipinski definition) is 2. The molecule has 0 saturated carbocycles. The fourth-order valence-electron chi connectivity index (χ4n) is 3.15. The summed E-state index contributed by atoms with van der Waals surface area (Å²) in [6, 6.07) is 18.4. The summed E-state index contributed by atoms with van der Waals surface area (Å²) in [4.78, 5) is 29.4. The fourth-order valence-corrected chi connectivity index (χ4v) is 3.15. The van der Waals surface area contributed by atoms with Crippen LogP contribution in [0.5, 0.6) is 5.75 Å². The van der Waals surface area contributed by atoms with Crippen molar-refractivity contribution in [2.24, 2.45) is 0 Å². The number of para-hydroxylation sites is 2. The number of hydrogen-bond acceptors (Lipinski definition) is 5. The van der Waals surface area contributed by atoms with Crippen LogP contribution in [0.25, 0.3) is 22.4 Å². The molecular weight excluding hydrogens is 413 g/mol. The Hall–Kier alpha value is -4.20. The Bertz CT molecular complexity index is 1240. The van der Waals surface area contributed by atoms with Crippen LogP contribution in [0.1, 0.15) is 23.2 Å². The van der Waals surface area contributed by atoms with E-state index in [0.717, 1.165) is 0 Å². The Morgan fingerprint density at radius 1 is 1.00 bits per heavy atom. The van der Waals surface area contributed by atoms with E-state index in [0.29, 0.717) is 34.3 Å². The van der Waals surface area contributed by atoms with Crippen LogP contribution < -0.4 is 15.6 Å². The van der Waals surface area contributed by atoms with Crippen molar-refractivity contribution in [3.63, 3.8) is 0 Å². The summed E-state index contributed by atoms with van der Waals surface area (Å²) in [6.45, 7) is 0.170. The number of halogens is 1. The largest absolute Gasteiger partial charge is 0.491 e. The molecule has 0 bridgehead atoms. The SMILES string of the molecule is O=C(CCCOc1ccccc1F)NNC(=O)c1cc(-c2ccco2)nc2ccccc12. The minimum absolute atomic E-state index is 0.101. The van der Waals surface area contributed by atoms with E-state index in [4.69, 9.17) is 9.15 Å². The zero-order valence-corrected chi connectivity index (χ0v) is 17.0. The van der Waals surface area contributed by atoms with Gasteiger partial charge in [-0.1, -0.05) is 30.3 Å². The second-order valence-corrected chi connectivity index (χ2v) is 6.93. The van der Waals surface area contributed by atoms with Crippen LogP contribution in [-0.4, -0.2) is 23.4 Å². The van der Waals surface area contributed by atoms with E-state index in [1.807, 2.05) is 12.1 Å². The Labute approximate surface area is 183 Å². The minimum atomic E-state index is -0.479. The standard InChI is InChI=1S/C24H20FN3O4/c25-18-8-2-4-10-21(18)31-14-6-12-23(29)27-28-24(30)17-15-20(22-11-5-13-32-22)26-19-9-3-1-7-16(17)19/h1-5,7-11,13,15H,6,12,14H2,(H,27,29)(H,28,30). The lowest BCUT2D eigenvalue weighted by molar-refractivity contribution is -0.122. The van der Waals surface area contributed by atoms with Crippen molar-refractivity contribution in [1.29, 1.82) is 0 Å². The first-order chi connectivity index (χ1) is 15.6. The predicted molar refractivity (Wildman–Crippen MR) is 116 cm³/mol. The third kappa shape index (κ3) is 4.92. The number of benzene rings is 2. The van der Waals surface area contributed by atoms with E-state index in [1.54, 1.807) is 42.5 Å². The van der Waals surface area contributed by atoms with Crippen molar-refractivity contribution >= 4 is 22.7 Å². The summed E-state index contributed by atoms with van der Waals surface area (Å²) in [5, 5.41) is 0.646. The third-order valence-corrected chi connectivity index (χ3v) is 4.69. The van der Waals surface area contributed by atoms with Crippen molar-refractivity contribution < 1.29 is 23.1 Å². The number of nitrogens with zero attached hydrogens (tertiary/aromatic N) is 1. The molecule has 8 heteroatoms. The number of rotatable bonds is 7. The molecule has 162 valence electrons. The molecule has 0 spiro atoms. The molecule has 2 heterocycles. The third-order valence-electron chi connectivity index (χ3n) is 4.69. The van der Waals surface area contributed by atoms with Gasteiger partial charge in [-0.05, 0) is 42.8 Å². The topological polar surface area (TPSA) is 93.5 Å². The Morgan fingerprint density at radius 2 is 1.81 bits per heavy atom. The molecule has 0 saturated heterocycles. The van der Waals surface area contributed by atoms with E-state index in [-0.39, 0.29) is 24.7 Å². The van der Waals surface area contributed by atoms with Gasteiger partial charge in [0.05, 0.1) is 24.0 Å². The second-order valence-electron chi connectivity index (χ2n) is 6.93. The summed E-state index contributed by atoms with van der Waals surface area (Å²) < 4.78 is 24.2. The minimum Gasteiger partial charge on any atom is -0.491 e. The average Bonchev–Trinajstić information content (AvgIpc) is 3.36. The molecule has 4 rings (SSSR count). The number of pyridine rings is 1. The van der Waals surface area contributed by atoms with Crippen LogP contribution in [0.15, 0.2) is 77.4 Å². The molecule has 0 aliphatic heterocycles. The van der Waals surface area contributed by atoms with Gasteiger partial charge >= 0.3 is 0 Å². The highest BCUT2D eigenvalue weighted by molar-refractivity contribution is 6.07. The highest BCUT2D eigenvalue weighted by atomic mass is 19.1. The Morgan fingerprint density at radius 3 is 2.62 bits per heavy atom. The molecule has 0 fully saturated rings. The smallest absolute Gasteiger partial charge is 0.270 e. The lowest BCUT2D eigenvalue weighted by atomic mass is 10.1. The van der Waals surface area contributed by atoms with Crippen molar-refractivity contribution in [3.05, 3.63) is 84.4 Å². The lowest BCUT2D eigenvalue weighted by Crippen LogP contribution is -2.41. The monoisotopic (exact) mass is 433 g/mol. The molecule has 0 aliphatic rings. The summed E-state index contributed by atoms with van der Waals surface area (Å²) >= 11 is 0. The van der Waals surface area contributed by atoms with Crippen LogP contribution in [0, 0.1) is 5.82 Å². The molecule has 2 aromatic carbocycles. The molecule has 2 aromatic heterocycles. The fraction of sp³-hybridized carbons (Fsp3) is 0.125. The Kier molecular flexibility index (Phi) is 6.41. The van der Waals surface area contributed by atoms with Crippen LogP contribution >= 0.6 is 0 Å². The van der Waals surface area contributed by atoms with E-state index in [1.165, 1.54) is 18.4 Å². The highest BCUT2D eigenvalue weighted by Crippen LogP contribution is 2.25. The predicted octanol–water partition coefficient (Wildman–Crippen LogP) is 4.25. The van der Waals surface area contributed by atoms with Gasteiger partial charge < -0.3 is 9.15 Å². The number of ether oxygens (including phenoxy) is 1. The number of hydrazine groups is 1. The zero-order valence-electron chi connectivity index (χ0n) is 17.0. The molecular formula is C24H20FN3O4. The van der Waals surface area contributed by atoms with Crippen molar-refractivity contribution in [2.45, 2.75) is 12.8 Å². The van der Waals surface area contributed by atoms with Gasteiger partial charge in [0.2, 0.25) is 5.91 Å². The van der Waals surface area contributed by atoms with Crippen molar-refractivity contribution in [2.75, 3.05) is 6.61 Å². The van der Waals surface area contributed by atoms with Gasteiger partial charge in [0, 0.05) is 11.8 Å². The van der Waals surface area contributed by atoms with Gasteiger partial charge in [0.25, 0.3) is 5.91 Å². The van der Waals surface area contributed by atoms with Gasteiger partial charge in [-0.25, -0.2) is 9.37 Å². The maximum Gasteiger partial charge on any atom is 0.270 e. The lowest BCUT2D eigenvalue weighted by Gasteiger charge is -2.11. The number of carbonyl (C=O) groups excluding carboxylic acids is 2. The molecule has 0 radical (unpaired) electrons. The van der Waals surface area contributed by atoms with Crippen LogP contribution in [0.4, 0.5) is 4.39 Å². The number of carbonyl (C=O) groups is 2. The maximum absolute atomic E-state index is 13.5. The molecule has 7 nitrogen and oxygen atoms in total. The first-order valence-corrected chi connectivity index (χ1v) is 10.0. The second kappa shape index (κ2) is 9.74. The van der Waals surface area contributed by atoms with Crippen LogP contribution in [-0.2, 0) is 4.79 Å². The summed E-state index contributed by atoms with van der Waals surface area (Å²) in [7, 11) is 0. The number of nitrogens with one attached hydrogen (secondary N) is 2. The van der Waals surface area contributed by atoms with Crippen LogP contribution in [0.2, 0.25) is 0 Å². The molecule has 0 unspecified atom stereocenters. The number of amides is 2. The quantitative estimate of drug-likeness (QED) is 0.336. The van der Waals surface area contributed by atoms with E-state index in [2.05, 4.69) is 15.8 Å². The van der Waals surface area contributed by atoms with E-state index < -0.39 is 11.7 Å². The first-order valence-electron chi connectivity index (χ1n) is 10.0. The number of fused-ring (bicyclic) bond motifs is 1. The molecule has 0 atom stereocenters. The van der Waals surface area contributed by atoms with Crippen LogP contribution in [0.3, 0.4) is 0 Å². The molecule has 32 heavy (non-hydrogen) atoms. The zero-order chi connectivity index (χ0) is 22.3. The normalized spacial score (nSPS) is 10.7. The van der Waals surface area contributed by atoms with Gasteiger partial charge in [0.15, 0.2) is 17.3 Å². The van der Waals surface area contributed by atoms with E-state index >= 15 is 0 Å². The summed E-state index contributed by atoms with van der Waals surface area (Å²) in [6.07, 6.45) is 1.99. The van der Waals surface area contributed by atoms with Gasteiger partial charge in [-0.3, -0.25) is 20.4 Å². The summed E-state index contributed by atoms with van der Waals surface area (Å²) in [5.74, 6) is -0.656. The van der Waals surface area contributed by atoms with Gasteiger partial charge in [0.1, 0.15) is 5.69 Å². The first kappa shape index (κ1) is 21.0. The Balaban J connectivity index is 1.35. The van der Waals surface area contributed by atoms with Crippen molar-refractivity contribution in [3.8, 4) is 17.2 Å². The molecule has 2 amide bonds. The average molecular weight is 433 g/mol. The molecule has 2 N–H and O–H groups in total.